The number of carbonyl (C=O) groups is 1. The van der Waals surface area contributed by atoms with Crippen molar-refractivity contribution in [2.24, 2.45) is 11.8 Å². The van der Waals surface area contributed by atoms with Gasteiger partial charge < -0.3 is 15.4 Å². The second-order valence-corrected chi connectivity index (χ2v) is 10.9. The van der Waals surface area contributed by atoms with Crippen LogP contribution in [-0.2, 0) is 0 Å². The van der Waals surface area contributed by atoms with Gasteiger partial charge in [-0.25, -0.2) is 9.97 Å². The van der Waals surface area contributed by atoms with Gasteiger partial charge in [-0.2, -0.15) is 0 Å². The number of nitrogens with zero attached hydrogens (tertiary/aromatic N) is 3. The number of aryl methyl sites for hydroxylation is 1. The van der Waals surface area contributed by atoms with Crippen LogP contribution in [0.5, 0.6) is 5.88 Å². The van der Waals surface area contributed by atoms with Crippen molar-refractivity contribution >= 4 is 29.6 Å². The normalized spacial score (nSPS) is 14.4. The molecular formula is C33H45N5O2. The zero-order valence-electron chi connectivity index (χ0n) is 25.1. The average Bonchev–Trinajstić information content (AvgIpc) is 3.76. The van der Waals surface area contributed by atoms with Gasteiger partial charge in [-0.05, 0) is 75.6 Å². The summed E-state index contributed by atoms with van der Waals surface area (Å²) in [5, 5.41) is 8.21. The Morgan fingerprint density at radius 3 is 2.50 bits per heavy atom. The number of ether oxygens (including phenoxy) is 1. The van der Waals surface area contributed by atoms with E-state index < -0.39 is 0 Å². The third kappa shape index (κ3) is 9.47. The third-order valence-electron chi connectivity index (χ3n) is 6.34. The van der Waals surface area contributed by atoms with Gasteiger partial charge in [0.2, 0.25) is 5.88 Å². The zero-order chi connectivity index (χ0) is 29.1. The summed E-state index contributed by atoms with van der Waals surface area (Å²) in [6.45, 7) is 15.3. The molecule has 1 aliphatic rings. The molecule has 0 radical (unpaired) electrons. The second-order valence-electron chi connectivity index (χ2n) is 10.9. The van der Waals surface area contributed by atoms with Crippen LogP contribution in [0.4, 0.5) is 11.5 Å². The lowest BCUT2D eigenvalue weighted by Gasteiger charge is -2.16. The minimum atomic E-state index is -0.204. The molecule has 2 aromatic heterocycles. The third-order valence-corrected chi connectivity index (χ3v) is 6.34. The topological polar surface area (TPSA) is 89.0 Å². The molecule has 1 saturated carbocycles. The van der Waals surface area contributed by atoms with E-state index in [9.17, 15) is 4.79 Å². The van der Waals surface area contributed by atoms with E-state index in [0.29, 0.717) is 35.7 Å². The molecule has 7 nitrogen and oxygen atoms in total. The number of pyridine rings is 1. The molecule has 2 N–H and O–H groups in total. The van der Waals surface area contributed by atoms with Crippen LogP contribution in [0.3, 0.4) is 0 Å². The summed E-state index contributed by atoms with van der Waals surface area (Å²) in [6.07, 6.45) is 12.1. The number of hydrogen-bond donors (Lipinski definition) is 2. The molecule has 1 fully saturated rings. The van der Waals surface area contributed by atoms with Crippen molar-refractivity contribution in [3.05, 3.63) is 70.1 Å². The molecule has 0 saturated heterocycles. The first-order valence-corrected chi connectivity index (χ1v) is 14.5. The lowest BCUT2D eigenvalue weighted by molar-refractivity contribution is 0.102. The van der Waals surface area contributed by atoms with Gasteiger partial charge in [0.1, 0.15) is 5.82 Å². The van der Waals surface area contributed by atoms with Crippen LogP contribution in [0, 0.1) is 18.8 Å². The van der Waals surface area contributed by atoms with Crippen LogP contribution in [0.2, 0.25) is 0 Å². The number of hydrogen-bond acceptors (Lipinski definition) is 6. The minimum absolute atomic E-state index is 0.0348. The molecule has 0 aliphatic heterocycles. The highest BCUT2D eigenvalue weighted by Crippen LogP contribution is 2.30. The number of amides is 1. The van der Waals surface area contributed by atoms with Crippen molar-refractivity contribution in [1.82, 2.24) is 15.0 Å². The molecule has 1 aromatic carbocycles. The number of anilines is 2. The Labute approximate surface area is 239 Å². The number of nitrogens with one attached hydrogen (secondary N) is 2. The predicted molar refractivity (Wildman–Crippen MR) is 165 cm³/mol. The van der Waals surface area contributed by atoms with Gasteiger partial charge in [0, 0.05) is 17.4 Å². The maximum absolute atomic E-state index is 12.9. The molecule has 0 spiro atoms. The monoisotopic (exact) mass is 543 g/mol. The lowest BCUT2D eigenvalue weighted by Crippen LogP contribution is -2.32. The van der Waals surface area contributed by atoms with E-state index in [0.717, 1.165) is 33.9 Å². The summed E-state index contributed by atoms with van der Waals surface area (Å²) in [5.74, 6) is 2.32. The highest BCUT2D eigenvalue weighted by Gasteiger charge is 2.22. The van der Waals surface area contributed by atoms with Crippen molar-refractivity contribution in [2.75, 3.05) is 17.2 Å². The first kappa shape index (κ1) is 30.8. The SMILES string of the molecule is C/C=c1/ncc(NC(C)c2cccc(NC(=O)c3cnc(OCC4CC4)c(C)c3)c2)n/c1=C\CC(C)C.CCC. The predicted octanol–water partition coefficient (Wildman–Crippen LogP) is 6.44. The first-order valence-electron chi connectivity index (χ1n) is 14.5. The Kier molecular flexibility index (Phi) is 11.7. The number of aromatic nitrogens is 3. The largest absolute Gasteiger partial charge is 0.477 e. The number of rotatable bonds is 10. The highest BCUT2D eigenvalue weighted by atomic mass is 16.5. The Hall–Kier alpha value is -3.74. The average molecular weight is 544 g/mol. The van der Waals surface area contributed by atoms with Crippen molar-refractivity contribution in [2.45, 2.75) is 80.2 Å². The molecule has 2 heterocycles. The van der Waals surface area contributed by atoms with E-state index in [1.807, 2.05) is 50.3 Å². The summed E-state index contributed by atoms with van der Waals surface area (Å²) in [5.41, 5.74) is 3.10. The zero-order valence-corrected chi connectivity index (χ0v) is 25.1. The van der Waals surface area contributed by atoms with Crippen LogP contribution in [0.1, 0.15) is 94.8 Å². The molecule has 4 rings (SSSR count). The Morgan fingerprint density at radius 2 is 1.85 bits per heavy atom. The molecule has 1 aliphatic carbocycles. The molecule has 1 amide bonds. The summed E-state index contributed by atoms with van der Waals surface area (Å²) in [6, 6.07) is 9.60. The Balaban J connectivity index is 0.00000141. The first-order chi connectivity index (χ1) is 19.2. The molecular weight excluding hydrogens is 498 g/mol. The van der Waals surface area contributed by atoms with E-state index >= 15 is 0 Å². The van der Waals surface area contributed by atoms with Gasteiger partial charge in [-0.15, -0.1) is 0 Å². The van der Waals surface area contributed by atoms with Gasteiger partial charge in [-0.3, -0.25) is 9.78 Å². The van der Waals surface area contributed by atoms with Gasteiger partial charge in [0.25, 0.3) is 5.91 Å². The van der Waals surface area contributed by atoms with Crippen LogP contribution < -0.4 is 26.1 Å². The van der Waals surface area contributed by atoms with E-state index in [-0.39, 0.29) is 11.9 Å². The maximum Gasteiger partial charge on any atom is 0.257 e. The fourth-order valence-electron chi connectivity index (χ4n) is 3.92. The quantitative estimate of drug-likeness (QED) is 0.306. The minimum Gasteiger partial charge on any atom is -0.477 e. The fourth-order valence-corrected chi connectivity index (χ4v) is 3.92. The Bertz CT molecular complexity index is 1380. The van der Waals surface area contributed by atoms with E-state index in [4.69, 9.17) is 9.72 Å². The molecule has 40 heavy (non-hydrogen) atoms. The lowest BCUT2D eigenvalue weighted by atomic mass is 10.1. The smallest absolute Gasteiger partial charge is 0.257 e. The Morgan fingerprint density at radius 1 is 1.10 bits per heavy atom. The van der Waals surface area contributed by atoms with Crippen LogP contribution in [-0.4, -0.2) is 27.5 Å². The van der Waals surface area contributed by atoms with Crippen molar-refractivity contribution in [3.8, 4) is 5.88 Å². The van der Waals surface area contributed by atoms with E-state index in [2.05, 4.69) is 61.3 Å². The standard InChI is InChI=1S/C30H37N5O2.C3H8/c1-6-26-27(13-10-19(2)3)35-28(17-31-26)33-21(5)23-8-7-9-25(15-23)34-29(36)24-14-20(4)30(32-16-24)37-18-22-11-12-22;1-3-2/h6-9,13-17,19,21-22H,10-12,18H2,1-5H3,(H,33,35)(H,34,36);3H2,1-2H3/b26-6+,27-13-;. The molecule has 214 valence electrons. The van der Waals surface area contributed by atoms with Gasteiger partial charge in [0.15, 0.2) is 0 Å². The summed E-state index contributed by atoms with van der Waals surface area (Å²) in [7, 11) is 0. The molecule has 7 heteroatoms. The summed E-state index contributed by atoms with van der Waals surface area (Å²) >= 11 is 0. The number of carbonyl (C=O) groups excluding carboxylic acids is 1. The van der Waals surface area contributed by atoms with Crippen LogP contribution >= 0.6 is 0 Å². The number of benzene rings is 1. The fraction of sp³-hybridized carbons (Fsp3) is 0.455. The summed E-state index contributed by atoms with van der Waals surface area (Å²) in [4.78, 5) is 26.6. The van der Waals surface area contributed by atoms with Crippen LogP contribution in [0.15, 0.2) is 42.7 Å². The van der Waals surface area contributed by atoms with E-state index in [1.54, 1.807) is 12.4 Å². The van der Waals surface area contributed by atoms with Gasteiger partial charge in [0.05, 0.1) is 35.1 Å². The molecule has 0 bridgehead atoms. The second kappa shape index (κ2) is 15.2. The highest BCUT2D eigenvalue weighted by molar-refractivity contribution is 6.04. The maximum atomic E-state index is 12.9. The molecule has 1 atom stereocenters. The van der Waals surface area contributed by atoms with Crippen molar-refractivity contribution in [1.29, 1.82) is 0 Å². The summed E-state index contributed by atoms with van der Waals surface area (Å²) < 4.78 is 5.79. The van der Waals surface area contributed by atoms with Gasteiger partial charge >= 0.3 is 0 Å². The molecule has 1 unspecified atom stereocenters. The van der Waals surface area contributed by atoms with Crippen molar-refractivity contribution in [3.63, 3.8) is 0 Å². The molecule has 3 aromatic rings. The van der Waals surface area contributed by atoms with Gasteiger partial charge in [-0.1, -0.05) is 58.4 Å². The van der Waals surface area contributed by atoms with Crippen LogP contribution in [0.25, 0.3) is 12.2 Å². The van der Waals surface area contributed by atoms with Crippen molar-refractivity contribution < 1.29 is 9.53 Å². The van der Waals surface area contributed by atoms with E-state index in [1.165, 1.54) is 19.3 Å².